The Hall–Kier alpha value is 0.0300. The Kier molecular flexibility index (Phi) is 3.17. The van der Waals surface area contributed by atoms with E-state index in [-0.39, 0.29) is 11.5 Å². The third-order valence-corrected chi connectivity index (χ3v) is 5.11. The lowest BCUT2D eigenvalue weighted by molar-refractivity contribution is -0.00305. The van der Waals surface area contributed by atoms with E-state index in [1.165, 1.54) is 0 Å². The molecular weight excluding hydrogens is 212 g/mol. The fraction of sp³-hybridized carbons (Fsp3) is 1.00. The summed E-state index contributed by atoms with van der Waals surface area (Å²) in [5.74, 6) is 0.417. The lowest BCUT2D eigenvalue weighted by atomic mass is 9.75. The third kappa shape index (κ3) is 1.98. The molecule has 0 aromatic carbocycles. The van der Waals surface area contributed by atoms with Gasteiger partial charge in [-0.25, -0.2) is 13.7 Å². The summed E-state index contributed by atoms with van der Waals surface area (Å²) in [6, 6.07) is 0. The van der Waals surface area contributed by atoms with Crippen LogP contribution in [0.2, 0.25) is 0 Å². The Balaban J connectivity index is 2.00. The number of nitrogens with zero attached hydrogens (tertiary/aromatic N) is 1. The molecule has 2 fully saturated rings. The Morgan fingerprint density at radius 3 is 2.40 bits per heavy atom. The van der Waals surface area contributed by atoms with E-state index >= 15 is 0 Å². The molecule has 1 aliphatic carbocycles. The molecule has 0 radical (unpaired) electrons. The summed E-state index contributed by atoms with van der Waals surface area (Å²) in [4.78, 5) is 0. The molecule has 0 aromatic heterocycles. The van der Waals surface area contributed by atoms with Crippen molar-refractivity contribution < 1.29 is 9.32 Å². The Bertz CT molecular complexity index is 264. The summed E-state index contributed by atoms with van der Waals surface area (Å²) in [7, 11) is 0. The highest BCUT2D eigenvalue weighted by atomic mass is 32.2. The SMILES string of the molecule is CC1CCC2(CCN(S(N)=O)CC2)C1O. The molecule has 1 aliphatic heterocycles. The van der Waals surface area contributed by atoms with Crippen LogP contribution in [0.4, 0.5) is 0 Å². The van der Waals surface area contributed by atoms with E-state index in [1.54, 1.807) is 4.31 Å². The summed E-state index contributed by atoms with van der Waals surface area (Å²) in [5.41, 5.74) is 0.0925. The zero-order valence-corrected chi connectivity index (χ0v) is 10.0. The zero-order chi connectivity index (χ0) is 11.1. The van der Waals surface area contributed by atoms with Crippen molar-refractivity contribution in [2.45, 2.75) is 38.7 Å². The molecule has 2 rings (SSSR count). The normalized spacial score (nSPS) is 38.3. The maximum Gasteiger partial charge on any atom is 0.167 e. The van der Waals surface area contributed by atoms with Crippen molar-refractivity contribution in [3.63, 3.8) is 0 Å². The van der Waals surface area contributed by atoms with Gasteiger partial charge in [0.25, 0.3) is 0 Å². The van der Waals surface area contributed by atoms with Crippen LogP contribution >= 0.6 is 0 Å². The van der Waals surface area contributed by atoms with E-state index in [2.05, 4.69) is 6.92 Å². The monoisotopic (exact) mass is 232 g/mol. The molecule has 1 heterocycles. The number of aliphatic hydroxyl groups is 1. The molecule has 3 unspecified atom stereocenters. The van der Waals surface area contributed by atoms with Gasteiger partial charge in [0, 0.05) is 13.1 Å². The molecule has 1 saturated heterocycles. The van der Waals surface area contributed by atoms with Crippen molar-refractivity contribution in [3.8, 4) is 0 Å². The highest BCUT2D eigenvalue weighted by Crippen LogP contribution is 2.48. The molecule has 15 heavy (non-hydrogen) atoms. The van der Waals surface area contributed by atoms with Crippen molar-refractivity contribution >= 4 is 11.2 Å². The predicted octanol–water partition coefficient (Wildman–Crippen LogP) is 0.397. The third-order valence-electron chi connectivity index (χ3n) is 4.24. The van der Waals surface area contributed by atoms with E-state index in [0.29, 0.717) is 5.92 Å². The summed E-state index contributed by atoms with van der Waals surface area (Å²) in [6.07, 6.45) is 3.92. The van der Waals surface area contributed by atoms with Crippen LogP contribution in [0.1, 0.15) is 32.6 Å². The Morgan fingerprint density at radius 2 is 2.00 bits per heavy atom. The molecule has 2 aliphatic rings. The van der Waals surface area contributed by atoms with Crippen molar-refractivity contribution in [2.24, 2.45) is 16.5 Å². The molecule has 0 amide bonds. The maximum absolute atomic E-state index is 11.1. The predicted molar refractivity (Wildman–Crippen MR) is 60.0 cm³/mol. The van der Waals surface area contributed by atoms with Crippen LogP contribution in [-0.2, 0) is 11.2 Å². The van der Waals surface area contributed by atoms with E-state index in [4.69, 9.17) is 5.14 Å². The second kappa shape index (κ2) is 4.13. The molecular formula is C10H20N2O2S. The minimum Gasteiger partial charge on any atom is -0.392 e. The molecule has 0 bridgehead atoms. The molecule has 88 valence electrons. The van der Waals surface area contributed by atoms with Crippen LogP contribution in [-0.4, -0.2) is 32.8 Å². The zero-order valence-electron chi connectivity index (χ0n) is 9.19. The average Bonchev–Trinajstić information content (AvgIpc) is 2.48. The summed E-state index contributed by atoms with van der Waals surface area (Å²) in [6.45, 7) is 3.63. The van der Waals surface area contributed by atoms with Gasteiger partial charge in [0.2, 0.25) is 0 Å². The number of hydrogen-bond donors (Lipinski definition) is 2. The van der Waals surface area contributed by atoms with Gasteiger partial charge < -0.3 is 5.11 Å². The molecule has 4 nitrogen and oxygen atoms in total. The van der Waals surface area contributed by atoms with Crippen LogP contribution in [0, 0.1) is 11.3 Å². The quantitative estimate of drug-likeness (QED) is 0.687. The van der Waals surface area contributed by atoms with Crippen LogP contribution in [0.3, 0.4) is 0 Å². The first-order chi connectivity index (χ1) is 7.05. The summed E-state index contributed by atoms with van der Waals surface area (Å²) < 4.78 is 12.9. The van der Waals surface area contributed by atoms with E-state index in [0.717, 1.165) is 38.8 Å². The van der Waals surface area contributed by atoms with Crippen LogP contribution < -0.4 is 5.14 Å². The smallest absolute Gasteiger partial charge is 0.167 e. The summed E-state index contributed by atoms with van der Waals surface area (Å²) >= 11 is -1.34. The van der Waals surface area contributed by atoms with Gasteiger partial charge in [0.05, 0.1) is 6.10 Å². The van der Waals surface area contributed by atoms with Crippen molar-refractivity contribution in [1.29, 1.82) is 0 Å². The minimum absolute atomic E-state index is 0.0925. The lowest BCUT2D eigenvalue weighted by Gasteiger charge is -2.40. The van der Waals surface area contributed by atoms with Crippen molar-refractivity contribution in [2.75, 3.05) is 13.1 Å². The number of piperidine rings is 1. The average molecular weight is 232 g/mol. The highest BCUT2D eigenvalue weighted by Gasteiger charge is 2.47. The van der Waals surface area contributed by atoms with Gasteiger partial charge >= 0.3 is 0 Å². The molecule has 1 saturated carbocycles. The first-order valence-electron chi connectivity index (χ1n) is 5.64. The Morgan fingerprint density at radius 1 is 1.40 bits per heavy atom. The Labute approximate surface area is 93.6 Å². The second-order valence-electron chi connectivity index (χ2n) is 5.03. The first kappa shape index (κ1) is 11.5. The van der Waals surface area contributed by atoms with Crippen molar-refractivity contribution in [1.82, 2.24) is 4.31 Å². The first-order valence-corrected chi connectivity index (χ1v) is 6.81. The van der Waals surface area contributed by atoms with Crippen molar-refractivity contribution in [3.05, 3.63) is 0 Å². The molecule has 1 spiro atoms. The number of nitrogens with two attached hydrogens (primary N) is 1. The fourth-order valence-corrected chi connectivity index (χ4v) is 3.62. The van der Waals surface area contributed by atoms with E-state index in [9.17, 15) is 9.32 Å². The van der Waals surface area contributed by atoms with Gasteiger partial charge in [-0.15, -0.1) is 0 Å². The van der Waals surface area contributed by atoms with Gasteiger partial charge in [-0.1, -0.05) is 6.92 Å². The minimum atomic E-state index is -1.34. The number of hydrogen-bond acceptors (Lipinski definition) is 2. The second-order valence-corrected chi connectivity index (χ2v) is 6.10. The number of aliphatic hydroxyl groups excluding tert-OH is 1. The highest BCUT2D eigenvalue weighted by molar-refractivity contribution is 7.80. The van der Waals surface area contributed by atoms with Crippen LogP contribution in [0.25, 0.3) is 0 Å². The van der Waals surface area contributed by atoms with E-state index in [1.807, 2.05) is 0 Å². The summed E-state index contributed by atoms with van der Waals surface area (Å²) in [5, 5.41) is 15.5. The molecule has 0 aromatic rings. The lowest BCUT2D eigenvalue weighted by Crippen LogP contribution is -2.46. The van der Waals surface area contributed by atoms with Gasteiger partial charge in [0.15, 0.2) is 11.2 Å². The van der Waals surface area contributed by atoms with E-state index < -0.39 is 11.2 Å². The number of rotatable bonds is 1. The standard InChI is InChI=1S/C10H20N2O2S/c1-8-2-3-10(9(8)13)4-6-12(7-5-10)15(11)14/h8-9,13H,2-7,11H2,1H3. The fourth-order valence-electron chi connectivity index (χ4n) is 3.08. The van der Waals surface area contributed by atoms with Crippen LogP contribution in [0.5, 0.6) is 0 Å². The molecule has 3 N–H and O–H groups in total. The topological polar surface area (TPSA) is 66.6 Å². The van der Waals surface area contributed by atoms with Gasteiger partial charge in [0.1, 0.15) is 0 Å². The molecule has 3 atom stereocenters. The van der Waals surface area contributed by atoms with Crippen LogP contribution in [0.15, 0.2) is 0 Å². The molecule has 5 heteroatoms. The van der Waals surface area contributed by atoms with Gasteiger partial charge in [-0.3, -0.25) is 0 Å². The van der Waals surface area contributed by atoms with Gasteiger partial charge in [-0.05, 0) is 37.0 Å². The maximum atomic E-state index is 11.1. The largest absolute Gasteiger partial charge is 0.392 e. The van der Waals surface area contributed by atoms with Gasteiger partial charge in [-0.2, -0.15) is 0 Å².